The third-order valence-corrected chi connectivity index (χ3v) is 3.85. The molecule has 15 heavy (non-hydrogen) atoms. The molecule has 0 heterocycles. The molecule has 0 aromatic rings. The summed E-state index contributed by atoms with van der Waals surface area (Å²) < 4.78 is 0. The molecule has 0 aromatic carbocycles. The van der Waals surface area contributed by atoms with Crippen LogP contribution in [0.15, 0.2) is 0 Å². The fourth-order valence-corrected chi connectivity index (χ4v) is 1.50. The largest absolute Gasteiger partial charge is 0.355 e. The van der Waals surface area contributed by atoms with Gasteiger partial charge < -0.3 is 11.1 Å². The van der Waals surface area contributed by atoms with Gasteiger partial charge in [0, 0.05) is 11.8 Å². The monoisotopic (exact) mass is 232 g/mol. The molecular weight excluding hydrogens is 208 g/mol. The molecule has 0 spiro atoms. The Morgan fingerprint density at radius 3 is 2.53 bits per heavy atom. The maximum absolute atomic E-state index is 11.6. The van der Waals surface area contributed by atoms with E-state index >= 15 is 0 Å². The van der Waals surface area contributed by atoms with Crippen LogP contribution in [0.4, 0.5) is 0 Å². The minimum atomic E-state index is -0.361. The Morgan fingerprint density at radius 1 is 1.47 bits per heavy atom. The molecule has 3 nitrogen and oxygen atoms in total. The lowest BCUT2D eigenvalue weighted by Crippen LogP contribution is -2.45. The van der Waals surface area contributed by atoms with Gasteiger partial charge in [0.15, 0.2) is 0 Å². The van der Waals surface area contributed by atoms with Gasteiger partial charge in [0.1, 0.15) is 0 Å². The van der Waals surface area contributed by atoms with Crippen molar-refractivity contribution in [2.45, 2.75) is 44.9 Å². The van der Waals surface area contributed by atoms with Gasteiger partial charge in [0.05, 0.1) is 6.04 Å². The number of amides is 1. The average molecular weight is 232 g/mol. The van der Waals surface area contributed by atoms with E-state index in [0.29, 0.717) is 5.25 Å². The molecule has 3 N–H and O–H groups in total. The van der Waals surface area contributed by atoms with Crippen molar-refractivity contribution in [3.8, 4) is 0 Å². The smallest absolute Gasteiger partial charge is 0.237 e. The standard InChI is InChI=1S/C11H24N2OS/c1-5-8(2)10(12)11(14)13-7-6-9(3)15-4/h8-10H,5-7,12H2,1-4H3,(H,13,14)/t8?,9?,10-/m0/s1. The van der Waals surface area contributed by atoms with Gasteiger partial charge in [-0.3, -0.25) is 4.79 Å². The lowest BCUT2D eigenvalue weighted by atomic mass is 9.99. The first-order chi connectivity index (χ1) is 7.02. The summed E-state index contributed by atoms with van der Waals surface area (Å²) >= 11 is 1.81. The summed E-state index contributed by atoms with van der Waals surface area (Å²) in [7, 11) is 0. The highest BCUT2D eigenvalue weighted by Gasteiger charge is 2.18. The highest BCUT2D eigenvalue weighted by molar-refractivity contribution is 7.99. The predicted octanol–water partition coefficient (Wildman–Crippen LogP) is 1.62. The van der Waals surface area contributed by atoms with E-state index in [-0.39, 0.29) is 17.9 Å². The van der Waals surface area contributed by atoms with E-state index in [9.17, 15) is 4.79 Å². The second-order valence-electron chi connectivity index (χ2n) is 4.04. The number of carbonyl (C=O) groups excluding carboxylic acids is 1. The Kier molecular flexibility index (Phi) is 7.88. The van der Waals surface area contributed by atoms with Crippen molar-refractivity contribution in [2.75, 3.05) is 12.8 Å². The van der Waals surface area contributed by atoms with Crippen LogP contribution < -0.4 is 11.1 Å². The Labute approximate surface area is 97.6 Å². The minimum absolute atomic E-state index is 0.0161. The molecule has 0 rings (SSSR count). The summed E-state index contributed by atoms with van der Waals surface area (Å²) in [5, 5.41) is 3.47. The first kappa shape index (κ1) is 14.8. The topological polar surface area (TPSA) is 55.1 Å². The van der Waals surface area contributed by atoms with Crippen LogP contribution in [-0.4, -0.2) is 30.0 Å². The van der Waals surface area contributed by atoms with E-state index < -0.39 is 0 Å². The molecule has 4 heteroatoms. The molecule has 0 saturated heterocycles. The van der Waals surface area contributed by atoms with Crippen molar-refractivity contribution in [2.24, 2.45) is 11.7 Å². The Morgan fingerprint density at radius 2 is 2.07 bits per heavy atom. The fourth-order valence-electron chi connectivity index (χ4n) is 1.15. The minimum Gasteiger partial charge on any atom is -0.355 e. The van der Waals surface area contributed by atoms with Gasteiger partial charge in [-0.1, -0.05) is 27.2 Å². The van der Waals surface area contributed by atoms with E-state index in [0.717, 1.165) is 19.4 Å². The van der Waals surface area contributed by atoms with Crippen molar-refractivity contribution in [1.29, 1.82) is 0 Å². The van der Waals surface area contributed by atoms with Gasteiger partial charge >= 0.3 is 0 Å². The van der Waals surface area contributed by atoms with Crippen LogP contribution in [0.25, 0.3) is 0 Å². The third-order valence-electron chi connectivity index (χ3n) is 2.81. The van der Waals surface area contributed by atoms with Crippen LogP contribution in [0, 0.1) is 5.92 Å². The quantitative estimate of drug-likeness (QED) is 0.701. The van der Waals surface area contributed by atoms with E-state index in [1.165, 1.54) is 0 Å². The normalized spacial score (nSPS) is 16.9. The van der Waals surface area contributed by atoms with Crippen molar-refractivity contribution in [3.05, 3.63) is 0 Å². The molecule has 2 unspecified atom stereocenters. The van der Waals surface area contributed by atoms with Gasteiger partial charge in [0.2, 0.25) is 5.91 Å². The van der Waals surface area contributed by atoms with Crippen LogP contribution in [-0.2, 0) is 4.79 Å². The predicted molar refractivity (Wildman–Crippen MR) is 68.0 cm³/mol. The number of thioether (sulfide) groups is 1. The molecule has 0 aliphatic carbocycles. The zero-order valence-electron chi connectivity index (χ0n) is 10.2. The van der Waals surface area contributed by atoms with Crippen molar-refractivity contribution >= 4 is 17.7 Å². The number of hydrogen-bond donors (Lipinski definition) is 2. The Hall–Kier alpha value is -0.220. The maximum atomic E-state index is 11.6. The molecule has 0 fully saturated rings. The number of nitrogens with two attached hydrogens (primary N) is 1. The molecule has 1 amide bonds. The van der Waals surface area contributed by atoms with E-state index in [1.807, 2.05) is 25.6 Å². The summed E-state index contributed by atoms with van der Waals surface area (Å²) in [6.45, 7) is 6.94. The molecule has 90 valence electrons. The Bertz CT molecular complexity index is 187. The van der Waals surface area contributed by atoms with Crippen molar-refractivity contribution < 1.29 is 4.79 Å². The number of carbonyl (C=O) groups is 1. The summed E-state index contributed by atoms with van der Waals surface area (Å²) in [6, 6.07) is -0.361. The van der Waals surface area contributed by atoms with Gasteiger partial charge in [-0.2, -0.15) is 11.8 Å². The lowest BCUT2D eigenvalue weighted by Gasteiger charge is -2.18. The summed E-state index contributed by atoms with van der Waals surface area (Å²) in [5.41, 5.74) is 5.80. The lowest BCUT2D eigenvalue weighted by molar-refractivity contribution is -0.123. The molecular formula is C11H24N2OS. The highest BCUT2D eigenvalue weighted by atomic mass is 32.2. The molecule has 0 radical (unpaired) electrons. The second-order valence-corrected chi connectivity index (χ2v) is 5.31. The second kappa shape index (κ2) is 7.99. The average Bonchev–Trinajstić information content (AvgIpc) is 2.26. The van der Waals surface area contributed by atoms with Gasteiger partial charge in [-0.05, 0) is 18.6 Å². The van der Waals surface area contributed by atoms with Crippen LogP contribution in [0.3, 0.4) is 0 Å². The van der Waals surface area contributed by atoms with Gasteiger partial charge in [-0.25, -0.2) is 0 Å². The van der Waals surface area contributed by atoms with Gasteiger partial charge in [0.25, 0.3) is 0 Å². The molecule has 0 aliphatic heterocycles. The first-order valence-corrected chi connectivity index (χ1v) is 6.87. The number of rotatable bonds is 7. The van der Waals surface area contributed by atoms with Crippen LogP contribution >= 0.6 is 11.8 Å². The number of nitrogens with one attached hydrogen (secondary N) is 1. The van der Waals surface area contributed by atoms with Crippen LogP contribution in [0.1, 0.15) is 33.6 Å². The van der Waals surface area contributed by atoms with Crippen LogP contribution in [0.2, 0.25) is 0 Å². The molecule has 0 saturated carbocycles. The maximum Gasteiger partial charge on any atom is 0.237 e. The third kappa shape index (κ3) is 6.05. The van der Waals surface area contributed by atoms with E-state index in [1.54, 1.807) is 0 Å². The molecule has 0 aromatic heterocycles. The summed E-state index contributed by atoms with van der Waals surface area (Å²) in [4.78, 5) is 11.6. The Balaban J connectivity index is 3.74. The molecule has 0 aliphatic rings. The van der Waals surface area contributed by atoms with E-state index in [2.05, 4.69) is 18.5 Å². The van der Waals surface area contributed by atoms with Crippen molar-refractivity contribution in [1.82, 2.24) is 5.32 Å². The summed E-state index contributed by atoms with van der Waals surface area (Å²) in [5.74, 6) is 0.237. The fraction of sp³-hybridized carbons (Fsp3) is 0.909. The highest BCUT2D eigenvalue weighted by Crippen LogP contribution is 2.08. The zero-order chi connectivity index (χ0) is 11.8. The van der Waals surface area contributed by atoms with Crippen molar-refractivity contribution in [3.63, 3.8) is 0 Å². The first-order valence-electron chi connectivity index (χ1n) is 5.59. The van der Waals surface area contributed by atoms with Crippen LogP contribution in [0.5, 0.6) is 0 Å². The SMILES string of the molecule is CCC(C)[C@H](N)C(=O)NCCC(C)SC. The molecule has 0 bridgehead atoms. The molecule has 3 atom stereocenters. The summed E-state index contributed by atoms with van der Waals surface area (Å²) in [6.07, 6.45) is 4.02. The van der Waals surface area contributed by atoms with Gasteiger partial charge in [-0.15, -0.1) is 0 Å². The van der Waals surface area contributed by atoms with E-state index in [4.69, 9.17) is 5.73 Å². The number of hydrogen-bond acceptors (Lipinski definition) is 3. The zero-order valence-corrected chi connectivity index (χ0v) is 11.1.